The number of carbonyl (C=O) groups excluding carboxylic acids is 3. The molecule has 1 N–H and O–H groups in total. The second-order valence-corrected chi connectivity index (χ2v) is 7.49. The first-order valence-corrected chi connectivity index (χ1v) is 8.22. The van der Waals surface area contributed by atoms with Gasteiger partial charge >= 0.3 is 5.97 Å². The summed E-state index contributed by atoms with van der Waals surface area (Å²) in [4.78, 5) is 37.0. The summed E-state index contributed by atoms with van der Waals surface area (Å²) in [6.45, 7) is 4.63. The van der Waals surface area contributed by atoms with Crippen molar-refractivity contribution in [1.29, 1.82) is 0 Å². The quantitative estimate of drug-likeness (QED) is 0.649. The molecule has 0 radical (unpaired) electrons. The lowest BCUT2D eigenvalue weighted by atomic mass is 10.2. The molecule has 1 aliphatic heterocycles. The number of aromatic hydroxyl groups is 1. The number of carbonyl (C=O) groups is 3. The first-order valence-electron chi connectivity index (χ1n) is 7.02. The Labute approximate surface area is 148 Å². The second-order valence-electron chi connectivity index (χ2n) is 6.06. The van der Waals surface area contributed by atoms with Crippen molar-refractivity contribution >= 4 is 46.6 Å². The van der Waals surface area contributed by atoms with Gasteiger partial charge in [-0.25, -0.2) is 0 Å². The summed E-state index contributed by atoms with van der Waals surface area (Å²) in [5.41, 5.74) is -0.397. The van der Waals surface area contributed by atoms with Gasteiger partial charge in [0.1, 0.15) is 17.9 Å². The molecular weight excluding hydrogens is 354 g/mol. The SMILES string of the molecule is CC(C)(C)OC(=O)CN1C(=O)SC(=Cc2cc(Cl)ccc2O)C1=O. The molecule has 1 heterocycles. The van der Waals surface area contributed by atoms with Crippen molar-refractivity contribution in [2.75, 3.05) is 6.54 Å². The Morgan fingerprint density at radius 1 is 1.38 bits per heavy atom. The smallest absolute Gasteiger partial charge is 0.326 e. The monoisotopic (exact) mass is 369 g/mol. The average Bonchev–Trinajstić information content (AvgIpc) is 2.68. The van der Waals surface area contributed by atoms with Gasteiger partial charge in [-0.3, -0.25) is 19.3 Å². The van der Waals surface area contributed by atoms with Crippen molar-refractivity contribution in [2.45, 2.75) is 26.4 Å². The number of benzene rings is 1. The second kappa shape index (κ2) is 6.86. The van der Waals surface area contributed by atoms with E-state index >= 15 is 0 Å². The highest BCUT2D eigenvalue weighted by Gasteiger charge is 2.37. The standard InChI is InChI=1S/C16H16ClNO5S/c1-16(2,3)23-13(20)8-18-14(21)12(24-15(18)22)7-9-6-10(17)4-5-11(9)19/h4-7,19H,8H2,1-3H3. The number of imide groups is 1. The van der Waals surface area contributed by atoms with E-state index < -0.39 is 29.3 Å². The summed E-state index contributed by atoms with van der Waals surface area (Å²) in [6, 6.07) is 4.36. The third kappa shape index (κ3) is 4.52. The molecule has 1 fully saturated rings. The summed E-state index contributed by atoms with van der Waals surface area (Å²) in [5.74, 6) is -1.36. The van der Waals surface area contributed by atoms with Gasteiger partial charge in [0.2, 0.25) is 0 Å². The van der Waals surface area contributed by atoms with Crippen molar-refractivity contribution in [3.63, 3.8) is 0 Å². The molecule has 0 aliphatic carbocycles. The van der Waals surface area contributed by atoms with E-state index in [-0.39, 0.29) is 10.7 Å². The van der Waals surface area contributed by atoms with E-state index in [2.05, 4.69) is 0 Å². The molecular formula is C16H16ClNO5S. The number of halogens is 1. The number of thioether (sulfide) groups is 1. The third-order valence-electron chi connectivity index (χ3n) is 2.86. The fourth-order valence-corrected chi connectivity index (χ4v) is 2.93. The van der Waals surface area contributed by atoms with Gasteiger partial charge in [-0.2, -0.15) is 0 Å². The first kappa shape index (κ1) is 18.4. The van der Waals surface area contributed by atoms with Gasteiger partial charge in [0.15, 0.2) is 0 Å². The number of phenols is 1. The Balaban J connectivity index is 2.18. The summed E-state index contributed by atoms with van der Waals surface area (Å²) >= 11 is 6.54. The van der Waals surface area contributed by atoms with Gasteiger partial charge in [0.05, 0.1) is 4.91 Å². The van der Waals surface area contributed by atoms with E-state index in [1.165, 1.54) is 24.3 Å². The lowest BCUT2D eigenvalue weighted by Gasteiger charge is -2.21. The maximum atomic E-state index is 12.3. The molecule has 128 valence electrons. The first-order chi connectivity index (χ1) is 11.1. The molecule has 6 nitrogen and oxygen atoms in total. The van der Waals surface area contributed by atoms with Crippen molar-refractivity contribution in [3.05, 3.63) is 33.7 Å². The maximum absolute atomic E-state index is 12.3. The Morgan fingerprint density at radius 3 is 2.67 bits per heavy atom. The van der Waals surface area contributed by atoms with Crippen LogP contribution in [0.4, 0.5) is 4.79 Å². The average molecular weight is 370 g/mol. The Morgan fingerprint density at radius 2 is 2.04 bits per heavy atom. The number of hydrogen-bond acceptors (Lipinski definition) is 6. The lowest BCUT2D eigenvalue weighted by molar-refractivity contribution is -0.156. The number of esters is 1. The van der Waals surface area contributed by atoms with Gasteiger partial charge in [0.25, 0.3) is 11.1 Å². The highest BCUT2D eigenvalue weighted by Crippen LogP contribution is 2.34. The summed E-state index contributed by atoms with van der Waals surface area (Å²) < 4.78 is 5.11. The highest BCUT2D eigenvalue weighted by molar-refractivity contribution is 8.18. The number of rotatable bonds is 3. The van der Waals surface area contributed by atoms with Gasteiger partial charge in [-0.1, -0.05) is 11.6 Å². The third-order valence-corrected chi connectivity index (χ3v) is 4.00. The molecule has 24 heavy (non-hydrogen) atoms. The van der Waals surface area contributed by atoms with Crippen LogP contribution in [-0.2, 0) is 14.3 Å². The molecule has 0 unspecified atom stereocenters. The minimum Gasteiger partial charge on any atom is -0.507 e. The van der Waals surface area contributed by atoms with Gasteiger partial charge in [-0.15, -0.1) is 0 Å². The van der Waals surface area contributed by atoms with Crippen molar-refractivity contribution in [1.82, 2.24) is 4.90 Å². The largest absolute Gasteiger partial charge is 0.507 e. The molecule has 1 saturated heterocycles. The molecule has 1 aromatic rings. The molecule has 0 aromatic heterocycles. The van der Waals surface area contributed by atoms with E-state index in [0.717, 1.165) is 4.90 Å². The lowest BCUT2D eigenvalue weighted by Crippen LogP contribution is -2.37. The molecule has 1 aliphatic rings. The van der Waals surface area contributed by atoms with Crippen LogP contribution in [0.1, 0.15) is 26.3 Å². The minimum absolute atomic E-state index is 0.0710. The normalized spacial score (nSPS) is 16.8. The Hall–Kier alpha value is -1.99. The fourth-order valence-electron chi connectivity index (χ4n) is 1.92. The van der Waals surface area contributed by atoms with E-state index in [0.29, 0.717) is 22.3 Å². The topological polar surface area (TPSA) is 83.9 Å². The minimum atomic E-state index is -0.707. The number of hydrogen-bond donors (Lipinski definition) is 1. The van der Waals surface area contributed by atoms with Crippen LogP contribution in [0.3, 0.4) is 0 Å². The summed E-state index contributed by atoms with van der Waals surface area (Å²) in [7, 11) is 0. The molecule has 2 rings (SSSR count). The van der Waals surface area contributed by atoms with E-state index in [4.69, 9.17) is 16.3 Å². The van der Waals surface area contributed by atoms with Crippen LogP contribution in [0, 0.1) is 0 Å². The van der Waals surface area contributed by atoms with Crippen molar-refractivity contribution in [3.8, 4) is 5.75 Å². The highest BCUT2D eigenvalue weighted by atomic mass is 35.5. The van der Waals surface area contributed by atoms with Crippen LogP contribution in [0.25, 0.3) is 6.08 Å². The zero-order chi connectivity index (χ0) is 18.1. The zero-order valence-corrected chi connectivity index (χ0v) is 14.9. The summed E-state index contributed by atoms with van der Waals surface area (Å²) in [6.07, 6.45) is 1.36. The van der Waals surface area contributed by atoms with Crippen molar-refractivity contribution < 1.29 is 24.2 Å². The van der Waals surface area contributed by atoms with Crippen LogP contribution in [-0.4, -0.2) is 39.3 Å². The van der Waals surface area contributed by atoms with Gasteiger partial charge < -0.3 is 9.84 Å². The number of nitrogens with zero attached hydrogens (tertiary/aromatic N) is 1. The Kier molecular flexibility index (Phi) is 5.25. The van der Waals surface area contributed by atoms with Crippen LogP contribution in [0.15, 0.2) is 23.1 Å². The molecule has 0 spiro atoms. The Bertz CT molecular complexity index is 738. The van der Waals surface area contributed by atoms with E-state index in [1.54, 1.807) is 20.8 Å². The van der Waals surface area contributed by atoms with Crippen molar-refractivity contribution in [2.24, 2.45) is 0 Å². The van der Waals surface area contributed by atoms with Crippen LogP contribution in [0.5, 0.6) is 5.75 Å². The molecule has 0 bridgehead atoms. The zero-order valence-electron chi connectivity index (χ0n) is 13.3. The van der Waals surface area contributed by atoms with Crippen LogP contribution >= 0.6 is 23.4 Å². The molecule has 2 amide bonds. The number of ether oxygens (including phenoxy) is 1. The molecule has 0 atom stereocenters. The van der Waals surface area contributed by atoms with Crippen LogP contribution < -0.4 is 0 Å². The number of amides is 2. The maximum Gasteiger partial charge on any atom is 0.326 e. The predicted octanol–water partition coefficient (Wildman–Crippen LogP) is 3.42. The summed E-state index contributed by atoms with van der Waals surface area (Å²) in [5, 5.41) is 9.60. The van der Waals surface area contributed by atoms with E-state index in [1.807, 2.05) is 0 Å². The molecule has 1 aromatic carbocycles. The predicted molar refractivity (Wildman–Crippen MR) is 91.6 cm³/mol. The number of phenolic OH excluding ortho intramolecular Hbond substituents is 1. The molecule has 0 saturated carbocycles. The van der Waals surface area contributed by atoms with Gasteiger partial charge in [-0.05, 0) is 56.8 Å². The fraction of sp³-hybridized carbons (Fsp3) is 0.312. The van der Waals surface area contributed by atoms with E-state index in [9.17, 15) is 19.5 Å². The van der Waals surface area contributed by atoms with Gasteiger partial charge in [0, 0.05) is 10.6 Å². The van der Waals surface area contributed by atoms with Crippen LogP contribution in [0.2, 0.25) is 5.02 Å². The molecule has 8 heteroatoms.